The highest BCUT2D eigenvalue weighted by Gasteiger charge is 2.20. The Morgan fingerprint density at radius 2 is 1.86 bits per heavy atom. The summed E-state index contributed by atoms with van der Waals surface area (Å²) in [4.78, 5) is 12.0. The molecule has 0 bridgehead atoms. The summed E-state index contributed by atoms with van der Waals surface area (Å²) in [6, 6.07) is 5.37. The normalized spacial score (nSPS) is 13.0. The first-order valence-corrected chi connectivity index (χ1v) is 7.35. The van der Waals surface area contributed by atoms with E-state index < -0.39 is 0 Å². The van der Waals surface area contributed by atoms with Gasteiger partial charge in [0.05, 0.1) is 23.3 Å². The smallest absolute Gasteiger partial charge is 0.328 e. The number of hydrogen-bond donors (Lipinski definition) is 1. The van der Waals surface area contributed by atoms with Crippen molar-refractivity contribution in [3.05, 3.63) is 56.3 Å². The maximum atomic E-state index is 12.0. The maximum absolute atomic E-state index is 12.0. The molecule has 5 nitrogen and oxygen atoms in total. The molecule has 1 atom stereocenters. The lowest BCUT2D eigenvalue weighted by Gasteiger charge is -2.13. The first-order chi connectivity index (χ1) is 9.91. The summed E-state index contributed by atoms with van der Waals surface area (Å²) in [6.07, 6.45) is 1.63. The van der Waals surface area contributed by atoms with E-state index in [0.717, 1.165) is 32.4 Å². The third kappa shape index (κ3) is 2.06. The second-order valence-corrected chi connectivity index (χ2v) is 6.06. The van der Waals surface area contributed by atoms with Crippen LogP contribution in [0.25, 0.3) is 11.0 Å². The fourth-order valence-corrected chi connectivity index (χ4v) is 3.20. The van der Waals surface area contributed by atoms with E-state index in [-0.39, 0.29) is 11.7 Å². The van der Waals surface area contributed by atoms with Crippen LogP contribution in [0.5, 0.6) is 0 Å². The number of imidazole rings is 1. The molecule has 0 saturated heterocycles. The molecule has 2 heterocycles. The second-order valence-electron chi connectivity index (χ2n) is 5.21. The zero-order chi connectivity index (χ0) is 15.3. The van der Waals surface area contributed by atoms with Crippen molar-refractivity contribution >= 4 is 27.0 Å². The monoisotopic (exact) mass is 349 g/mol. The Hall–Kier alpha value is -1.79. The van der Waals surface area contributed by atoms with Crippen LogP contribution in [-0.4, -0.2) is 9.13 Å². The minimum atomic E-state index is -0.380. The molecule has 0 fully saturated rings. The molecule has 6 heteroatoms. The lowest BCUT2D eigenvalue weighted by molar-refractivity contribution is 0.486. The van der Waals surface area contributed by atoms with E-state index in [1.165, 1.54) is 0 Å². The molecule has 110 valence electrons. The van der Waals surface area contributed by atoms with E-state index in [9.17, 15) is 4.79 Å². The Kier molecular flexibility index (Phi) is 3.30. The van der Waals surface area contributed by atoms with E-state index in [0.29, 0.717) is 0 Å². The number of nitrogens with two attached hydrogens (primary N) is 1. The van der Waals surface area contributed by atoms with Crippen molar-refractivity contribution in [2.24, 2.45) is 19.8 Å². The van der Waals surface area contributed by atoms with Crippen LogP contribution < -0.4 is 11.4 Å². The summed E-state index contributed by atoms with van der Waals surface area (Å²) < 4.78 is 9.58. The van der Waals surface area contributed by atoms with Gasteiger partial charge in [-0.3, -0.25) is 9.13 Å². The van der Waals surface area contributed by atoms with Gasteiger partial charge in [0.2, 0.25) is 0 Å². The number of benzene rings is 1. The topological polar surface area (TPSA) is 66.1 Å². The number of aromatic nitrogens is 2. The highest BCUT2D eigenvalue weighted by molar-refractivity contribution is 9.10. The Bertz CT molecular complexity index is 888. The van der Waals surface area contributed by atoms with Crippen molar-refractivity contribution < 1.29 is 4.42 Å². The van der Waals surface area contributed by atoms with Crippen LogP contribution >= 0.6 is 15.9 Å². The van der Waals surface area contributed by atoms with Crippen LogP contribution in [0.1, 0.15) is 22.9 Å². The first kappa shape index (κ1) is 14.2. The highest BCUT2D eigenvalue weighted by atomic mass is 79.9. The van der Waals surface area contributed by atoms with Crippen LogP contribution in [0.4, 0.5) is 0 Å². The Morgan fingerprint density at radius 3 is 2.43 bits per heavy atom. The molecular weight excluding hydrogens is 334 g/mol. The third-order valence-electron chi connectivity index (χ3n) is 3.91. The van der Waals surface area contributed by atoms with Gasteiger partial charge in [-0.15, -0.1) is 0 Å². The number of nitrogens with zero attached hydrogens (tertiary/aromatic N) is 2. The average Bonchev–Trinajstić information content (AvgIpc) is 2.97. The Labute approximate surface area is 130 Å². The fraction of sp³-hybridized carbons (Fsp3) is 0.267. The molecule has 0 spiro atoms. The quantitative estimate of drug-likeness (QED) is 0.773. The summed E-state index contributed by atoms with van der Waals surface area (Å²) in [5.41, 5.74) is 9.88. The van der Waals surface area contributed by atoms with Gasteiger partial charge in [0.1, 0.15) is 5.76 Å². The van der Waals surface area contributed by atoms with Crippen LogP contribution in [0.3, 0.4) is 0 Å². The SMILES string of the molecule is Cc1ccoc1C(N)c1cc2c(cc1Br)n(C)c(=O)n2C. The van der Waals surface area contributed by atoms with Crippen molar-refractivity contribution in [3.8, 4) is 0 Å². The van der Waals surface area contributed by atoms with Gasteiger partial charge in [0, 0.05) is 18.6 Å². The summed E-state index contributed by atoms with van der Waals surface area (Å²) in [5, 5.41) is 0. The molecule has 2 aromatic heterocycles. The molecule has 2 N–H and O–H groups in total. The van der Waals surface area contributed by atoms with E-state index in [4.69, 9.17) is 10.2 Å². The Balaban J connectivity index is 2.24. The maximum Gasteiger partial charge on any atom is 0.328 e. The molecule has 3 rings (SSSR count). The number of fused-ring (bicyclic) bond motifs is 1. The number of hydrogen-bond acceptors (Lipinski definition) is 3. The van der Waals surface area contributed by atoms with Crippen molar-refractivity contribution in [1.29, 1.82) is 0 Å². The van der Waals surface area contributed by atoms with Crippen LogP contribution in [0.15, 0.2) is 38.1 Å². The van der Waals surface area contributed by atoms with Crippen LogP contribution in [0.2, 0.25) is 0 Å². The standard InChI is InChI=1S/C15H16BrN3O2/c1-8-4-5-21-14(8)13(17)9-6-11-12(7-10(9)16)19(3)15(20)18(11)2/h4-7,13H,17H2,1-3H3. The average molecular weight is 350 g/mol. The largest absolute Gasteiger partial charge is 0.467 e. The second kappa shape index (κ2) is 4.89. The molecule has 0 radical (unpaired) electrons. The van der Waals surface area contributed by atoms with Gasteiger partial charge in [-0.25, -0.2) is 4.79 Å². The number of aryl methyl sites for hydroxylation is 3. The van der Waals surface area contributed by atoms with Gasteiger partial charge in [-0.2, -0.15) is 0 Å². The lowest BCUT2D eigenvalue weighted by Crippen LogP contribution is -2.19. The van der Waals surface area contributed by atoms with Gasteiger partial charge < -0.3 is 10.2 Å². The number of halogens is 1. The minimum Gasteiger partial charge on any atom is -0.467 e. The molecular formula is C15H16BrN3O2. The fourth-order valence-electron chi connectivity index (χ4n) is 2.62. The van der Waals surface area contributed by atoms with Crippen LogP contribution in [-0.2, 0) is 14.1 Å². The van der Waals surface area contributed by atoms with Gasteiger partial charge in [-0.1, -0.05) is 15.9 Å². The Morgan fingerprint density at radius 1 is 1.24 bits per heavy atom. The summed E-state index contributed by atoms with van der Waals surface area (Å²) in [5.74, 6) is 0.732. The zero-order valence-electron chi connectivity index (χ0n) is 12.1. The molecule has 1 unspecified atom stereocenters. The van der Waals surface area contributed by atoms with Crippen LogP contribution in [0, 0.1) is 6.92 Å². The van der Waals surface area contributed by atoms with Gasteiger partial charge in [0.25, 0.3) is 0 Å². The zero-order valence-corrected chi connectivity index (χ0v) is 13.6. The van der Waals surface area contributed by atoms with Gasteiger partial charge >= 0.3 is 5.69 Å². The van der Waals surface area contributed by atoms with E-state index >= 15 is 0 Å². The van der Waals surface area contributed by atoms with Gasteiger partial charge in [-0.05, 0) is 36.2 Å². The molecule has 0 amide bonds. The number of rotatable bonds is 2. The molecule has 0 saturated carbocycles. The van der Waals surface area contributed by atoms with E-state index in [1.807, 2.05) is 25.1 Å². The summed E-state index contributed by atoms with van der Waals surface area (Å²) in [6.45, 7) is 1.96. The van der Waals surface area contributed by atoms with Crippen molar-refractivity contribution in [3.63, 3.8) is 0 Å². The lowest BCUT2D eigenvalue weighted by atomic mass is 10.0. The van der Waals surface area contributed by atoms with Crippen molar-refractivity contribution in [1.82, 2.24) is 9.13 Å². The predicted molar refractivity (Wildman–Crippen MR) is 85.3 cm³/mol. The van der Waals surface area contributed by atoms with Gasteiger partial charge in [0.15, 0.2) is 0 Å². The predicted octanol–water partition coefficient (Wildman–Crippen LogP) is 2.59. The molecule has 3 aromatic rings. The van der Waals surface area contributed by atoms with E-state index in [2.05, 4.69) is 15.9 Å². The molecule has 1 aromatic carbocycles. The molecule has 21 heavy (non-hydrogen) atoms. The van der Waals surface area contributed by atoms with Crippen molar-refractivity contribution in [2.75, 3.05) is 0 Å². The minimum absolute atomic E-state index is 0.0585. The van der Waals surface area contributed by atoms with Crippen molar-refractivity contribution in [2.45, 2.75) is 13.0 Å². The van der Waals surface area contributed by atoms with E-state index in [1.54, 1.807) is 29.5 Å². The molecule has 0 aliphatic heterocycles. The summed E-state index contributed by atoms with van der Waals surface area (Å²) >= 11 is 3.55. The summed E-state index contributed by atoms with van der Waals surface area (Å²) in [7, 11) is 3.51. The highest BCUT2D eigenvalue weighted by Crippen LogP contribution is 2.32. The molecule has 0 aliphatic rings. The number of furan rings is 1. The molecule has 0 aliphatic carbocycles. The third-order valence-corrected chi connectivity index (χ3v) is 4.60. The first-order valence-electron chi connectivity index (χ1n) is 6.56.